The van der Waals surface area contributed by atoms with Crippen LogP contribution in [0.15, 0.2) is 18.5 Å². The number of anilines is 2. The van der Waals surface area contributed by atoms with Crippen molar-refractivity contribution < 1.29 is 48.9 Å². The molecular weight excluding hydrogens is 477 g/mol. The van der Waals surface area contributed by atoms with Gasteiger partial charge in [0.1, 0.15) is 0 Å². The SMILES string of the molecule is Cn1cc(N(C2CCOCC2(C)C)S(=O)(=O)NC(=O)Nc2c3c(cc4c2CCC4)CCC3)cn1.[H-].[Na+]. The first kappa shape index (κ1) is 26.5. The molecular formula is C24H34N5NaO4S. The van der Waals surface area contributed by atoms with Gasteiger partial charge in [-0.05, 0) is 67.2 Å². The second-order valence-electron chi connectivity index (χ2n) is 10.3. The van der Waals surface area contributed by atoms with Crippen molar-refractivity contribution in [2.45, 2.75) is 64.8 Å². The molecule has 2 aliphatic carbocycles. The smallest absolute Gasteiger partial charge is 1.00 e. The standard InChI is InChI=1S/C24H33N5O4S.Na.H/c1-24(2)15-33-11-10-21(24)29(18-13-25-28(3)14-18)34(31,32)27-23(30)26-22-19-8-4-6-16(19)12-17-7-5-9-20(17)22;;/h12-14,21H,4-11,15H2,1-3H3,(H2,26,27,30);;/q;+1;-1. The molecule has 0 spiro atoms. The Morgan fingerprint density at radius 2 is 1.86 bits per heavy atom. The first-order valence-corrected chi connectivity index (χ1v) is 13.5. The molecule has 1 saturated heterocycles. The molecule has 0 bridgehead atoms. The van der Waals surface area contributed by atoms with Gasteiger partial charge in [0.25, 0.3) is 0 Å². The zero-order valence-electron chi connectivity index (χ0n) is 22.1. The molecule has 2 N–H and O–H groups in total. The van der Waals surface area contributed by atoms with Gasteiger partial charge in [0.2, 0.25) is 0 Å². The number of fused-ring (bicyclic) bond motifs is 2. The van der Waals surface area contributed by atoms with Crippen LogP contribution in [-0.2, 0) is 47.7 Å². The molecule has 2 heterocycles. The van der Waals surface area contributed by atoms with Gasteiger partial charge >= 0.3 is 45.8 Å². The van der Waals surface area contributed by atoms with E-state index in [9.17, 15) is 13.2 Å². The summed E-state index contributed by atoms with van der Waals surface area (Å²) in [6.45, 7) is 4.84. The number of hydrogen-bond acceptors (Lipinski definition) is 5. The topological polar surface area (TPSA) is 106 Å². The Morgan fingerprint density at radius 1 is 1.20 bits per heavy atom. The van der Waals surface area contributed by atoms with Crippen molar-refractivity contribution in [1.82, 2.24) is 14.5 Å². The predicted molar refractivity (Wildman–Crippen MR) is 131 cm³/mol. The van der Waals surface area contributed by atoms with E-state index < -0.39 is 21.7 Å². The summed E-state index contributed by atoms with van der Waals surface area (Å²) >= 11 is 0. The fraction of sp³-hybridized carbons (Fsp3) is 0.583. The van der Waals surface area contributed by atoms with Gasteiger partial charge in [-0.2, -0.15) is 13.5 Å². The molecule has 1 aliphatic heterocycles. The Balaban J connectivity index is 0.00000180. The number of carbonyl (C=O) groups is 1. The van der Waals surface area contributed by atoms with Crippen molar-refractivity contribution >= 4 is 27.6 Å². The van der Waals surface area contributed by atoms with E-state index in [-0.39, 0.29) is 37.0 Å². The first-order valence-electron chi connectivity index (χ1n) is 12.0. The largest absolute Gasteiger partial charge is 1.00 e. The third kappa shape index (κ3) is 5.13. The monoisotopic (exact) mass is 511 g/mol. The molecule has 186 valence electrons. The van der Waals surface area contributed by atoms with Gasteiger partial charge in [-0.3, -0.25) is 4.68 Å². The molecule has 1 atom stereocenters. The zero-order chi connectivity index (χ0) is 24.1. The number of urea groups is 1. The van der Waals surface area contributed by atoms with E-state index in [4.69, 9.17) is 4.74 Å². The van der Waals surface area contributed by atoms with Crippen LogP contribution in [0.4, 0.5) is 16.2 Å². The quantitative estimate of drug-likeness (QED) is 0.558. The van der Waals surface area contributed by atoms with E-state index in [1.165, 1.54) is 21.6 Å². The van der Waals surface area contributed by atoms with E-state index in [2.05, 4.69) is 21.2 Å². The van der Waals surface area contributed by atoms with Gasteiger partial charge in [0.15, 0.2) is 0 Å². The minimum atomic E-state index is -4.22. The molecule has 1 unspecified atom stereocenters. The Kier molecular flexibility index (Phi) is 7.60. The van der Waals surface area contributed by atoms with E-state index >= 15 is 0 Å². The number of ether oxygens (including phenoxy) is 1. The molecule has 35 heavy (non-hydrogen) atoms. The number of hydrogen-bond donors (Lipinski definition) is 2. The summed E-state index contributed by atoms with van der Waals surface area (Å²) < 4.78 is 38.1. The molecule has 3 aliphatic rings. The van der Waals surface area contributed by atoms with Gasteiger partial charge in [-0.25, -0.2) is 13.8 Å². The zero-order valence-corrected chi connectivity index (χ0v) is 23.9. The fourth-order valence-corrected chi connectivity index (χ4v) is 7.21. The molecule has 1 aromatic carbocycles. The molecule has 0 saturated carbocycles. The van der Waals surface area contributed by atoms with Crippen LogP contribution in [-0.4, -0.2) is 43.5 Å². The Labute approximate surface area is 230 Å². The summed E-state index contributed by atoms with van der Waals surface area (Å²) in [4.78, 5) is 13.1. The van der Waals surface area contributed by atoms with Crippen molar-refractivity contribution in [1.29, 1.82) is 0 Å². The number of aromatic nitrogens is 2. The molecule has 2 aromatic rings. The van der Waals surface area contributed by atoms with Crippen molar-refractivity contribution in [3.63, 3.8) is 0 Å². The van der Waals surface area contributed by atoms with Crippen molar-refractivity contribution in [3.8, 4) is 0 Å². The van der Waals surface area contributed by atoms with Crippen molar-refractivity contribution in [3.05, 3.63) is 40.7 Å². The third-order valence-corrected chi connectivity index (χ3v) is 8.76. The number of benzene rings is 1. The van der Waals surface area contributed by atoms with Gasteiger partial charge in [-0.15, -0.1) is 0 Å². The Morgan fingerprint density at radius 3 is 2.43 bits per heavy atom. The minimum Gasteiger partial charge on any atom is -1.00 e. The van der Waals surface area contributed by atoms with Crippen LogP contribution in [0.3, 0.4) is 0 Å². The third-order valence-electron chi connectivity index (χ3n) is 7.33. The number of aryl methyl sites for hydroxylation is 3. The molecule has 5 rings (SSSR count). The van der Waals surface area contributed by atoms with E-state index in [1.54, 1.807) is 17.9 Å². The maximum atomic E-state index is 13.7. The fourth-order valence-electron chi connectivity index (χ4n) is 5.73. The maximum absolute atomic E-state index is 13.7. The summed E-state index contributed by atoms with van der Waals surface area (Å²) in [5, 5.41) is 7.10. The Bertz CT molecular complexity index is 1200. The van der Waals surface area contributed by atoms with Crippen LogP contribution in [0.5, 0.6) is 0 Å². The predicted octanol–water partition coefficient (Wildman–Crippen LogP) is 0.202. The van der Waals surface area contributed by atoms with E-state index in [1.807, 2.05) is 13.8 Å². The summed E-state index contributed by atoms with van der Waals surface area (Å²) in [5.41, 5.74) is 5.66. The van der Waals surface area contributed by atoms with Crippen LogP contribution >= 0.6 is 0 Å². The molecule has 11 heteroatoms. The van der Waals surface area contributed by atoms with Gasteiger partial charge in [0, 0.05) is 31.0 Å². The summed E-state index contributed by atoms with van der Waals surface area (Å²) in [6, 6.07) is 1.16. The molecule has 1 aromatic heterocycles. The van der Waals surface area contributed by atoms with E-state index in [0.717, 1.165) is 55.3 Å². The van der Waals surface area contributed by atoms with Crippen LogP contribution in [0.25, 0.3) is 0 Å². The first-order chi connectivity index (χ1) is 16.2. The van der Waals surface area contributed by atoms with Gasteiger partial charge < -0.3 is 11.5 Å². The summed E-state index contributed by atoms with van der Waals surface area (Å²) in [6.07, 6.45) is 9.62. The Hall–Kier alpha value is -1.59. The molecule has 9 nitrogen and oxygen atoms in total. The average Bonchev–Trinajstić information content (AvgIpc) is 3.49. The maximum Gasteiger partial charge on any atom is 1.00 e. The van der Waals surface area contributed by atoms with Gasteiger partial charge in [-0.1, -0.05) is 19.9 Å². The number of amides is 2. The summed E-state index contributed by atoms with van der Waals surface area (Å²) in [7, 11) is -2.48. The van der Waals surface area contributed by atoms with E-state index in [0.29, 0.717) is 25.3 Å². The number of nitrogens with zero attached hydrogens (tertiary/aromatic N) is 3. The van der Waals surface area contributed by atoms with Crippen molar-refractivity contribution in [2.75, 3.05) is 22.8 Å². The second kappa shape index (κ2) is 10.0. The number of carbonyl (C=O) groups excluding carboxylic acids is 1. The second-order valence-corrected chi connectivity index (χ2v) is 11.9. The van der Waals surface area contributed by atoms with Crippen LogP contribution in [0.2, 0.25) is 0 Å². The van der Waals surface area contributed by atoms with Crippen LogP contribution < -0.4 is 43.9 Å². The molecule has 1 fully saturated rings. The van der Waals surface area contributed by atoms with Crippen LogP contribution in [0.1, 0.15) is 56.8 Å². The van der Waals surface area contributed by atoms with Crippen LogP contribution in [0, 0.1) is 5.41 Å². The summed E-state index contributed by atoms with van der Waals surface area (Å²) in [5.74, 6) is 0. The van der Waals surface area contributed by atoms with Gasteiger partial charge in [0.05, 0.1) is 24.5 Å². The number of rotatable bonds is 5. The van der Waals surface area contributed by atoms with Crippen molar-refractivity contribution in [2.24, 2.45) is 12.5 Å². The number of nitrogens with one attached hydrogen (secondary N) is 2. The molecule has 2 amide bonds. The minimum absolute atomic E-state index is 0. The normalized spacial score (nSPS) is 20.5. The molecule has 0 radical (unpaired) electrons. The average molecular weight is 512 g/mol.